The molecular formula is C22H18BrN3O. The van der Waals surface area contributed by atoms with Crippen LogP contribution in [0.3, 0.4) is 0 Å². The molecule has 0 aliphatic carbocycles. The van der Waals surface area contributed by atoms with Crippen LogP contribution < -0.4 is 5.43 Å². The van der Waals surface area contributed by atoms with Crippen molar-refractivity contribution >= 4 is 49.9 Å². The average molecular weight is 420 g/mol. The quantitative estimate of drug-likeness (QED) is 0.352. The molecule has 1 aromatic heterocycles. The van der Waals surface area contributed by atoms with Crippen molar-refractivity contribution in [3.8, 4) is 0 Å². The van der Waals surface area contributed by atoms with E-state index in [4.69, 9.17) is 0 Å². The summed E-state index contributed by atoms with van der Waals surface area (Å²) in [7, 11) is 0. The van der Waals surface area contributed by atoms with Gasteiger partial charge in [0, 0.05) is 38.4 Å². The summed E-state index contributed by atoms with van der Waals surface area (Å²) in [6, 6.07) is 21.8. The van der Waals surface area contributed by atoms with E-state index < -0.39 is 0 Å². The summed E-state index contributed by atoms with van der Waals surface area (Å²) in [5, 5.41) is 6.53. The number of nitrogens with one attached hydrogen (secondary N) is 1. The fourth-order valence-electron chi connectivity index (χ4n) is 3.32. The molecule has 0 saturated carbocycles. The van der Waals surface area contributed by atoms with Gasteiger partial charge in [-0.05, 0) is 55.0 Å². The number of carbonyl (C=O) groups excluding carboxylic acids is 1. The molecule has 3 aromatic carbocycles. The summed E-state index contributed by atoms with van der Waals surface area (Å²) < 4.78 is 3.24. The lowest BCUT2D eigenvalue weighted by molar-refractivity contribution is 0.0955. The Labute approximate surface area is 165 Å². The minimum absolute atomic E-state index is 0.234. The largest absolute Gasteiger partial charge is 0.341 e. The summed E-state index contributed by atoms with van der Waals surface area (Å²) >= 11 is 3.36. The molecule has 0 fully saturated rings. The highest BCUT2D eigenvalue weighted by atomic mass is 79.9. The van der Waals surface area contributed by atoms with E-state index in [1.165, 1.54) is 21.8 Å². The molecule has 0 aliphatic rings. The van der Waals surface area contributed by atoms with Crippen LogP contribution in [0.5, 0.6) is 0 Å². The number of aromatic nitrogens is 1. The Balaban J connectivity index is 1.61. The van der Waals surface area contributed by atoms with E-state index in [1.54, 1.807) is 18.3 Å². The zero-order valence-corrected chi connectivity index (χ0v) is 16.4. The van der Waals surface area contributed by atoms with Crippen molar-refractivity contribution in [3.05, 3.63) is 82.3 Å². The van der Waals surface area contributed by atoms with Crippen LogP contribution in [-0.2, 0) is 6.54 Å². The van der Waals surface area contributed by atoms with Crippen molar-refractivity contribution in [3.63, 3.8) is 0 Å². The molecule has 4 rings (SSSR count). The van der Waals surface area contributed by atoms with E-state index in [0.29, 0.717) is 5.56 Å². The van der Waals surface area contributed by atoms with Crippen molar-refractivity contribution in [2.45, 2.75) is 13.5 Å². The standard InChI is InChI=1S/C22H18BrN3O/c1-2-26-20-6-4-3-5-18(20)19-13-15(7-12-21(19)26)14-24-25-22(27)16-8-10-17(23)11-9-16/h3-14H,2H2,1H3,(H,25,27)/b24-14-. The molecule has 0 atom stereocenters. The lowest BCUT2D eigenvalue weighted by atomic mass is 10.1. The van der Waals surface area contributed by atoms with Crippen molar-refractivity contribution in [1.82, 2.24) is 9.99 Å². The van der Waals surface area contributed by atoms with E-state index in [9.17, 15) is 4.79 Å². The van der Waals surface area contributed by atoms with Gasteiger partial charge in [-0.1, -0.05) is 40.2 Å². The Morgan fingerprint density at radius 2 is 1.78 bits per heavy atom. The average Bonchev–Trinajstić information content (AvgIpc) is 3.01. The molecule has 0 bridgehead atoms. The zero-order valence-electron chi connectivity index (χ0n) is 14.8. The van der Waals surface area contributed by atoms with Crippen LogP contribution in [0.1, 0.15) is 22.8 Å². The molecule has 0 unspecified atom stereocenters. The molecule has 0 saturated heterocycles. The molecular weight excluding hydrogens is 402 g/mol. The monoisotopic (exact) mass is 419 g/mol. The first-order valence-electron chi connectivity index (χ1n) is 8.77. The van der Waals surface area contributed by atoms with Gasteiger partial charge in [-0.25, -0.2) is 5.43 Å². The number of hydrazone groups is 1. The molecule has 0 radical (unpaired) electrons. The highest BCUT2D eigenvalue weighted by Gasteiger charge is 2.09. The maximum atomic E-state index is 12.1. The van der Waals surface area contributed by atoms with Gasteiger partial charge in [0.2, 0.25) is 0 Å². The second-order valence-electron chi connectivity index (χ2n) is 6.24. The summed E-state index contributed by atoms with van der Waals surface area (Å²) in [6.45, 7) is 3.07. The van der Waals surface area contributed by atoms with E-state index in [2.05, 4.69) is 74.3 Å². The molecule has 4 aromatic rings. The highest BCUT2D eigenvalue weighted by Crippen LogP contribution is 2.29. The predicted molar refractivity (Wildman–Crippen MR) is 114 cm³/mol. The Bertz CT molecular complexity index is 1160. The number of para-hydroxylation sites is 1. The van der Waals surface area contributed by atoms with Crippen LogP contribution in [0, 0.1) is 0 Å². The summed E-state index contributed by atoms with van der Waals surface area (Å²) in [6.07, 6.45) is 1.67. The number of nitrogens with zero attached hydrogens (tertiary/aromatic N) is 2. The SMILES string of the molecule is CCn1c2ccccc2c2cc(/C=N\NC(=O)c3ccc(Br)cc3)ccc21. The van der Waals surface area contributed by atoms with Crippen LogP contribution in [-0.4, -0.2) is 16.7 Å². The Hall–Kier alpha value is -2.92. The van der Waals surface area contributed by atoms with Crippen molar-refractivity contribution in [2.24, 2.45) is 5.10 Å². The normalized spacial score (nSPS) is 11.5. The molecule has 134 valence electrons. The molecule has 1 amide bonds. The Morgan fingerprint density at radius 1 is 1.04 bits per heavy atom. The van der Waals surface area contributed by atoms with Gasteiger partial charge < -0.3 is 4.57 Å². The fourth-order valence-corrected chi connectivity index (χ4v) is 3.59. The van der Waals surface area contributed by atoms with Crippen LogP contribution in [0.2, 0.25) is 0 Å². The maximum Gasteiger partial charge on any atom is 0.271 e. The minimum atomic E-state index is -0.234. The third-order valence-electron chi connectivity index (χ3n) is 4.60. The van der Waals surface area contributed by atoms with Gasteiger partial charge in [-0.3, -0.25) is 4.79 Å². The van der Waals surface area contributed by atoms with Crippen molar-refractivity contribution < 1.29 is 4.79 Å². The lowest BCUT2D eigenvalue weighted by Crippen LogP contribution is -2.17. The second kappa shape index (κ2) is 7.37. The second-order valence-corrected chi connectivity index (χ2v) is 7.16. The molecule has 5 heteroatoms. The Morgan fingerprint density at radius 3 is 2.56 bits per heavy atom. The molecule has 1 heterocycles. The van der Waals surface area contributed by atoms with Gasteiger partial charge in [-0.2, -0.15) is 5.10 Å². The van der Waals surface area contributed by atoms with Crippen LogP contribution in [0.4, 0.5) is 0 Å². The van der Waals surface area contributed by atoms with Gasteiger partial charge >= 0.3 is 0 Å². The zero-order chi connectivity index (χ0) is 18.8. The fraction of sp³-hybridized carbons (Fsp3) is 0.0909. The maximum absolute atomic E-state index is 12.1. The number of hydrogen-bond acceptors (Lipinski definition) is 2. The van der Waals surface area contributed by atoms with E-state index in [-0.39, 0.29) is 5.91 Å². The molecule has 4 nitrogen and oxygen atoms in total. The minimum Gasteiger partial charge on any atom is -0.341 e. The molecule has 27 heavy (non-hydrogen) atoms. The van der Waals surface area contributed by atoms with E-state index in [1.807, 2.05) is 18.2 Å². The molecule has 0 aliphatic heterocycles. The molecule has 1 N–H and O–H groups in total. The number of hydrogen-bond donors (Lipinski definition) is 1. The first kappa shape index (κ1) is 17.5. The van der Waals surface area contributed by atoms with Gasteiger partial charge in [-0.15, -0.1) is 0 Å². The lowest BCUT2D eigenvalue weighted by Gasteiger charge is -2.03. The third-order valence-corrected chi connectivity index (χ3v) is 5.13. The van der Waals surface area contributed by atoms with Gasteiger partial charge in [0.25, 0.3) is 5.91 Å². The van der Waals surface area contributed by atoms with E-state index in [0.717, 1.165) is 16.6 Å². The predicted octanol–water partition coefficient (Wildman–Crippen LogP) is 5.34. The summed E-state index contributed by atoms with van der Waals surface area (Å²) in [4.78, 5) is 12.1. The van der Waals surface area contributed by atoms with Gasteiger partial charge in [0.1, 0.15) is 0 Å². The van der Waals surface area contributed by atoms with Gasteiger partial charge in [0.05, 0.1) is 6.21 Å². The third kappa shape index (κ3) is 3.38. The van der Waals surface area contributed by atoms with E-state index >= 15 is 0 Å². The first-order chi connectivity index (χ1) is 13.2. The number of carbonyl (C=O) groups is 1. The summed E-state index contributed by atoms with van der Waals surface area (Å²) in [5.41, 5.74) is 6.52. The smallest absolute Gasteiger partial charge is 0.271 e. The topological polar surface area (TPSA) is 46.4 Å². The summed E-state index contributed by atoms with van der Waals surface area (Å²) in [5.74, 6) is -0.234. The highest BCUT2D eigenvalue weighted by molar-refractivity contribution is 9.10. The number of rotatable bonds is 4. The number of amides is 1. The Kier molecular flexibility index (Phi) is 4.77. The molecule has 0 spiro atoms. The first-order valence-corrected chi connectivity index (χ1v) is 9.56. The number of halogens is 1. The van der Waals surface area contributed by atoms with Crippen molar-refractivity contribution in [1.29, 1.82) is 0 Å². The van der Waals surface area contributed by atoms with Gasteiger partial charge in [0.15, 0.2) is 0 Å². The number of fused-ring (bicyclic) bond motifs is 3. The number of aryl methyl sites for hydroxylation is 1. The van der Waals surface area contributed by atoms with Crippen LogP contribution >= 0.6 is 15.9 Å². The number of benzene rings is 3. The van der Waals surface area contributed by atoms with Crippen molar-refractivity contribution in [2.75, 3.05) is 0 Å². The van der Waals surface area contributed by atoms with Crippen LogP contribution in [0.25, 0.3) is 21.8 Å². The van der Waals surface area contributed by atoms with Crippen LogP contribution in [0.15, 0.2) is 76.3 Å².